The molecular weight excluding hydrogens is 536 g/mol. The van der Waals surface area contributed by atoms with Gasteiger partial charge in [0.2, 0.25) is 0 Å². The lowest BCUT2D eigenvalue weighted by molar-refractivity contribution is -0.231. The van der Waals surface area contributed by atoms with E-state index in [0.29, 0.717) is 5.56 Å². The Morgan fingerprint density at radius 2 is 1.43 bits per heavy atom. The molecule has 14 heteroatoms. The van der Waals surface area contributed by atoms with Gasteiger partial charge in [-0.1, -0.05) is 0 Å². The summed E-state index contributed by atoms with van der Waals surface area (Å²) in [6, 6.07) is 6.47. The van der Waals surface area contributed by atoms with Crippen molar-refractivity contribution in [2.45, 2.75) is 54.9 Å². The second-order valence-electron chi connectivity index (χ2n) is 9.80. The molecule has 3 heterocycles. The summed E-state index contributed by atoms with van der Waals surface area (Å²) in [5, 5.41) is 104. The fraction of sp³-hybridized carbons (Fsp3) is 0.423. The lowest BCUT2D eigenvalue weighted by atomic mass is 9.85. The van der Waals surface area contributed by atoms with Crippen LogP contribution >= 0.6 is 0 Å². The minimum atomic E-state index is -1.96. The first-order valence-electron chi connectivity index (χ1n) is 12.3. The smallest absolute Gasteiger partial charge is 0.197 e. The monoisotopic (exact) mass is 564 g/mol. The molecule has 14 nitrogen and oxygen atoms in total. The van der Waals surface area contributed by atoms with Crippen molar-refractivity contribution in [3.05, 3.63) is 51.7 Å². The third-order valence-corrected chi connectivity index (χ3v) is 7.31. The van der Waals surface area contributed by atoms with Crippen molar-refractivity contribution in [1.29, 1.82) is 0 Å². The Labute approximate surface area is 224 Å². The van der Waals surface area contributed by atoms with Crippen LogP contribution in [0.5, 0.6) is 17.2 Å². The lowest BCUT2D eigenvalue weighted by Crippen LogP contribution is -2.55. The quantitative estimate of drug-likeness (QED) is 0.169. The van der Waals surface area contributed by atoms with Crippen LogP contribution in [0.2, 0.25) is 0 Å². The molecule has 2 saturated heterocycles. The van der Waals surface area contributed by atoms with E-state index in [4.69, 9.17) is 13.9 Å². The van der Waals surface area contributed by atoms with E-state index in [0.717, 1.165) is 6.07 Å². The van der Waals surface area contributed by atoms with Gasteiger partial charge in [-0.3, -0.25) is 4.79 Å². The zero-order valence-electron chi connectivity index (χ0n) is 20.6. The molecule has 0 amide bonds. The molecule has 1 aromatic heterocycles. The predicted molar refractivity (Wildman–Crippen MR) is 132 cm³/mol. The Kier molecular flexibility index (Phi) is 7.47. The van der Waals surface area contributed by atoms with Gasteiger partial charge in [0.25, 0.3) is 0 Å². The van der Waals surface area contributed by atoms with Gasteiger partial charge >= 0.3 is 0 Å². The molecular formula is C26H28O14. The number of fused-ring (bicyclic) bond motifs is 1. The Hall–Kier alpha value is -3.31. The van der Waals surface area contributed by atoms with Crippen molar-refractivity contribution in [2.24, 2.45) is 0 Å². The first-order valence-corrected chi connectivity index (χ1v) is 12.3. The molecule has 2 aliphatic heterocycles. The van der Waals surface area contributed by atoms with E-state index in [-0.39, 0.29) is 11.5 Å². The fourth-order valence-electron chi connectivity index (χ4n) is 5.11. The maximum Gasteiger partial charge on any atom is 0.197 e. The van der Waals surface area contributed by atoms with Crippen LogP contribution in [0.4, 0.5) is 0 Å². The molecule has 0 spiro atoms. The van der Waals surface area contributed by atoms with E-state index < -0.39 is 107 Å². The molecule has 0 radical (unpaired) electrons. The molecule has 9 atom stereocenters. The van der Waals surface area contributed by atoms with Crippen LogP contribution in [0.1, 0.15) is 23.3 Å². The number of phenolic OH excluding ortho intramolecular Hbond substituents is 3. The molecule has 4 unspecified atom stereocenters. The van der Waals surface area contributed by atoms with Crippen LogP contribution < -0.4 is 5.43 Å². The van der Waals surface area contributed by atoms with Gasteiger partial charge in [-0.05, 0) is 24.3 Å². The maximum atomic E-state index is 13.4. The highest BCUT2D eigenvalue weighted by Crippen LogP contribution is 2.50. The average Bonchev–Trinajstić information content (AvgIpc) is 2.92. The molecule has 0 saturated carbocycles. The predicted octanol–water partition coefficient (Wildman–Crippen LogP) is -1.75. The number of aromatic hydroxyl groups is 3. The van der Waals surface area contributed by atoms with E-state index in [1.807, 2.05) is 0 Å². The van der Waals surface area contributed by atoms with Gasteiger partial charge in [-0.25, -0.2) is 0 Å². The molecule has 10 N–H and O–H groups in total. The second kappa shape index (κ2) is 10.6. The van der Waals surface area contributed by atoms with Gasteiger partial charge in [0, 0.05) is 11.6 Å². The van der Waals surface area contributed by atoms with Crippen LogP contribution in [-0.2, 0) is 9.47 Å². The molecule has 40 heavy (non-hydrogen) atoms. The van der Waals surface area contributed by atoms with Crippen molar-refractivity contribution >= 4 is 11.0 Å². The summed E-state index contributed by atoms with van der Waals surface area (Å²) in [4.78, 5) is 13.4. The van der Waals surface area contributed by atoms with Crippen LogP contribution in [0.3, 0.4) is 0 Å². The van der Waals surface area contributed by atoms with Gasteiger partial charge < -0.3 is 65.0 Å². The Bertz CT molecular complexity index is 1450. The second-order valence-corrected chi connectivity index (χ2v) is 9.80. The highest BCUT2D eigenvalue weighted by atomic mass is 16.5. The van der Waals surface area contributed by atoms with Gasteiger partial charge in [0.15, 0.2) is 11.0 Å². The minimum absolute atomic E-state index is 0.0767. The first kappa shape index (κ1) is 28.2. The number of phenols is 3. The largest absolute Gasteiger partial charge is 0.508 e. The van der Waals surface area contributed by atoms with Crippen molar-refractivity contribution < 1.29 is 65.0 Å². The normalized spacial score (nSPS) is 32.8. The van der Waals surface area contributed by atoms with Crippen molar-refractivity contribution in [3.63, 3.8) is 0 Å². The van der Waals surface area contributed by atoms with E-state index in [1.165, 1.54) is 24.3 Å². The summed E-state index contributed by atoms with van der Waals surface area (Å²) >= 11 is 0. The van der Waals surface area contributed by atoms with E-state index in [9.17, 15) is 55.9 Å². The number of rotatable bonds is 4. The van der Waals surface area contributed by atoms with Crippen LogP contribution in [0, 0.1) is 0 Å². The number of benzene rings is 2. The molecule has 2 aliphatic rings. The zero-order chi connectivity index (χ0) is 29.0. The number of hydrogen-bond acceptors (Lipinski definition) is 14. The van der Waals surface area contributed by atoms with Crippen LogP contribution in [0.15, 0.2) is 39.5 Å². The molecule has 3 aromatic rings. The van der Waals surface area contributed by atoms with Crippen LogP contribution in [0.25, 0.3) is 22.3 Å². The molecule has 2 aromatic carbocycles. The fourth-order valence-corrected chi connectivity index (χ4v) is 5.11. The number of ether oxygens (including phenoxy) is 2. The number of hydrogen-bond donors (Lipinski definition) is 10. The van der Waals surface area contributed by atoms with Gasteiger partial charge in [-0.15, -0.1) is 0 Å². The molecule has 0 aliphatic carbocycles. The van der Waals surface area contributed by atoms with E-state index >= 15 is 0 Å². The minimum Gasteiger partial charge on any atom is -0.508 e. The number of aliphatic hydroxyl groups excluding tert-OH is 7. The third kappa shape index (κ3) is 4.49. The van der Waals surface area contributed by atoms with Crippen LogP contribution in [-0.4, -0.2) is 107 Å². The van der Waals surface area contributed by atoms with Crippen molar-refractivity contribution in [2.75, 3.05) is 13.2 Å². The van der Waals surface area contributed by atoms with Crippen molar-refractivity contribution in [3.8, 4) is 28.6 Å². The van der Waals surface area contributed by atoms with E-state index in [1.54, 1.807) is 0 Å². The standard InChI is InChI=1S/C26H28O14/c27-6-13-18(32)21(35)23(37)26(40-13)16-20(34)15(25-22(36)17(31)11(30)7-38-25)19(33)14-10(29)5-12(39-24(14)16)8-1-3-9(28)4-2-8/h1-5,11,13,17-18,21-23,25-28,30-37H,6-7H2/t11?,13-,17?,18-,21+,22?,23-,25?,26+/m1/s1. The molecule has 216 valence electrons. The zero-order valence-corrected chi connectivity index (χ0v) is 20.6. The summed E-state index contributed by atoms with van der Waals surface area (Å²) in [7, 11) is 0. The SMILES string of the molecule is O=c1cc(-c2ccc(O)cc2)oc2c([C@@H]3O[C@H](CO)[C@@H](O)[C@H](O)[C@H]3O)c(O)c(C3OCC(O)C(O)C3O)c(O)c12. The summed E-state index contributed by atoms with van der Waals surface area (Å²) < 4.78 is 16.9. The Balaban J connectivity index is 1.81. The Morgan fingerprint density at radius 3 is 2.08 bits per heavy atom. The summed E-state index contributed by atoms with van der Waals surface area (Å²) in [5.41, 5.74) is -2.19. The van der Waals surface area contributed by atoms with Gasteiger partial charge in [-0.2, -0.15) is 0 Å². The lowest BCUT2D eigenvalue weighted by Gasteiger charge is -2.41. The topological polar surface area (TPSA) is 251 Å². The van der Waals surface area contributed by atoms with E-state index in [2.05, 4.69) is 0 Å². The Morgan fingerprint density at radius 1 is 0.775 bits per heavy atom. The number of aliphatic hydroxyl groups is 7. The highest BCUT2D eigenvalue weighted by Gasteiger charge is 2.48. The molecule has 0 bridgehead atoms. The summed E-state index contributed by atoms with van der Waals surface area (Å²) in [6.45, 7) is -1.34. The molecule has 2 fully saturated rings. The summed E-state index contributed by atoms with van der Waals surface area (Å²) in [5.74, 6) is -2.00. The molecule has 5 rings (SSSR count). The van der Waals surface area contributed by atoms with Gasteiger partial charge in [0.05, 0.1) is 24.3 Å². The maximum absolute atomic E-state index is 13.4. The highest BCUT2D eigenvalue weighted by molar-refractivity contribution is 5.92. The average molecular weight is 564 g/mol. The van der Waals surface area contributed by atoms with Gasteiger partial charge in [0.1, 0.15) is 83.3 Å². The first-order chi connectivity index (χ1) is 19.0. The van der Waals surface area contributed by atoms with Crippen molar-refractivity contribution in [1.82, 2.24) is 0 Å². The third-order valence-electron chi connectivity index (χ3n) is 7.31. The summed E-state index contributed by atoms with van der Waals surface area (Å²) in [6.07, 6.45) is -15.7.